The third-order valence-corrected chi connectivity index (χ3v) is 3.02. The third-order valence-electron chi connectivity index (χ3n) is 3.02. The summed E-state index contributed by atoms with van der Waals surface area (Å²) in [5.74, 6) is -0.235. The van der Waals surface area contributed by atoms with Crippen molar-refractivity contribution in [2.75, 3.05) is 0 Å². The zero-order valence-corrected chi connectivity index (χ0v) is 10.1. The first-order chi connectivity index (χ1) is 8.81. The van der Waals surface area contributed by atoms with Crippen molar-refractivity contribution >= 4 is 27.8 Å². The Balaban J connectivity index is 2.34. The molecule has 0 atom stereocenters. The lowest BCUT2D eigenvalue weighted by atomic mass is 10.2. The van der Waals surface area contributed by atoms with Gasteiger partial charge in [0.25, 0.3) is 0 Å². The zero-order chi connectivity index (χ0) is 12.5. The average Bonchev–Trinajstić information content (AvgIpc) is 2.74. The molecule has 0 saturated carbocycles. The van der Waals surface area contributed by atoms with Crippen LogP contribution in [-0.2, 0) is 4.79 Å². The Labute approximate surface area is 105 Å². The number of aromatic nitrogens is 1. The molecule has 0 saturated heterocycles. The van der Waals surface area contributed by atoms with Gasteiger partial charge in [-0.05, 0) is 12.1 Å². The predicted octanol–water partition coefficient (Wildman–Crippen LogP) is 3.16. The lowest BCUT2D eigenvalue weighted by Crippen LogP contribution is -2.18. The van der Waals surface area contributed by atoms with E-state index >= 15 is 0 Å². The summed E-state index contributed by atoms with van der Waals surface area (Å²) in [4.78, 5) is 16.9. The van der Waals surface area contributed by atoms with Crippen molar-refractivity contribution in [3.8, 4) is 0 Å². The fourth-order valence-corrected chi connectivity index (χ4v) is 2.15. The van der Waals surface area contributed by atoms with Crippen LogP contribution in [0.4, 0.5) is 0 Å². The van der Waals surface area contributed by atoms with Crippen molar-refractivity contribution in [1.82, 2.24) is 4.73 Å². The molecule has 0 unspecified atom stereocenters. The summed E-state index contributed by atoms with van der Waals surface area (Å²) in [5.41, 5.74) is 1.83. The van der Waals surface area contributed by atoms with E-state index in [-0.39, 0.29) is 5.97 Å². The number of rotatable bonds is 2. The minimum Gasteiger partial charge on any atom is -0.336 e. The quantitative estimate of drug-likeness (QED) is 0.687. The summed E-state index contributed by atoms with van der Waals surface area (Å²) < 4.78 is 1.62. The van der Waals surface area contributed by atoms with Crippen molar-refractivity contribution < 1.29 is 9.63 Å². The van der Waals surface area contributed by atoms with E-state index in [0.29, 0.717) is 6.42 Å². The van der Waals surface area contributed by atoms with E-state index in [0.717, 1.165) is 21.8 Å². The van der Waals surface area contributed by atoms with Crippen LogP contribution in [0.1, 0.15) is 13.3 Å². The molecule has 2 aromatic carbocycles. The molecule has 0 N–H and O–H groups in total. The first-order valence-electron chi connectivity index (χ1n) is 6.00. The normalized spacial score (nSPS) is 10.9. The SMILES string of the molecule is CCC(=O)On1c2ccccc2c2ccccc21. The summed E-state index contributed by atoms with van der Waals surface area (Å²) in [5, 5.41) is 2.19. The average molecular weight is 239 g/mol. The molecule has 0 aliphatic heterocycles. The van der Waals surface area contributed by atoms with Crippen LogP contribution in [0, 0.1) is 0 Å². The van der Waals surface area contributed by atoms with Gasteiger partial charge < -0.3 is 4.84 Å². The second-order valence-electron chi connectivity index (χ2n) is 4.15. The number of carbonyl (C=O) groups is 1. The van der Waals surface area contributed by atoms with Crippen LogP contribution in [-0.4, -0.2) is 10.7 Å². The number of carbonyl (C=O) groups excluding carboxylic acids is 1. The number of hydrogen-bond donors (Lipinski definition) is 0. The van der Waals surface area contributed by atoms with Crippen molar-refractivity contribution in [2.45, 2.75) is 13.3 Å². The molecule has 18 heavy (non-hydrogen) atoms. The number of hydrogen-bond acceptors (Lipinski definition) is 2. The Morgan fingerprint density at radius 3 is 2.00 bits per heavy atom. The predicted molar refractivity (Wildman–Crippen MR) is 71.3 cm³/mol. The van der Waals surface area contributed by atoms with Gasteiger partial charge in [0.15, 0.2) is 0 Å². The highest BCUT2D eigenvalue weighted by Crippen LogP contribution is 2.27. The molecular formula is C15H13NO2. The monoisotopic (exact) mass is 239 g/mol. The number of fused-ring (bicyclic) bond motifs is 3. The van der Waals surface area contributed by atoms with Crippen LogP contribution in [0.3, 0.4) is 0 Å². The first-order valence-corrected chi connectivity index (χ1v) is 6.00. The molecule has 0 radical (unpaired) electrons. The minimum absolute atomic E-state index is 0.235. The van der Waals surface area contributed by atoms with Crippen LogP contribution in [0.5, 0.6) is 0 Å². The Morgan fingerprint density at radius 2 is 1.50 bits per heavy atom. The molecule has 0 spiro atoms. The highest BCUT2D eigenvalue weighted by Gasteiger charge is 2.12. The zero-order valence-electron chi connectivity index (χ0n) is 10.1. The van der Waals surface area contributed by atoms with E-state index in [1.54, 1.807) is 11.7 Å². The fraction of sp³-hybridized carbons (Fsp3) is 0.133. The van der Waals surface area contributed by atoms with Gasteiger partial charge in [0, 0.05) is 17.2 Å². The topological polar surface area (TPSA) is 31.2 Å². The lowest BCUT2D eigenvalue weighted by molar-refractivity contribution is -0.142. The van der Waals surface area contributed by atoms with Gasteiger partial charge in [-0.3, -0.25) is 0 Å². The van der Waals surface area contributed by atoms with Gasteiger partial charge in [-0.15, -0.1) is 0 Å². The van der Waals surface area contributed by atoms with E-state index in [1.807, 2.05) is 48.5 Å². The van der Waals surface area contributed by atoms with Gasteiger partial charge in [0.2, 0.25) is 0 Å². The van der Waals surface area contributed by atoms with E-state index < -0.39 is 0 Å². The second-order valence-corrected chi connectivity index (χ2v) is 4.15. The van der Waals surface area contributed by atoms with Crippen molar-refractivity contribution in [3.05, 3.63) is 48.5 Å². The van der Waals surface area contributed by atoms with Gasteiger partial charge in [-0.25, -0.2) is 4.79 Å². The second kappa shape index (κ2) is 4.18. The summed E-state index contributed by atoms with van der Waals surface area (Å²) in [6.45, 7) is 1.79. The smallest absolute Gasteiger partial charge is 0.332 e. The van der Waals surface area contributed by atoms with Crippen molar-refractivity contribution in [2.24, 2.45) is 0 Å². The fourth-order valence-electron chi connectivity index (χ4n) is 2.15. The van der Waals surface area contributed by atoms with Gasteiger partial charge in [-0.2, -0.15) is 4.73 Å². The molecule has 3 rings (SSSR count). The molecule has 0 bridgehead atoms. The molecule has 1 heterocycles. The van der Waals surface area contributed by atoms with E-state index in [2.05, 4.69) is 0 Å². The highest BCUT2D eigenvalue weighted by molar-refractivity contribution is 6.07. The molecule has 0 aliphatic carbocycles. The van der Waals surface area contributed by atoms with Crippen molar-refractivity contribution in [3.63, 3.8) is 0 Å². The summed E-state index contributed by atoms with van der Waals surface area (Å²) >= 11 is 0. The maximum atomic E-state index is 11.5. The minimum atomic E-state index is -0.235. The van der Waals surface area contributed by atoms with Crippen LogP contribution in [0.15, 0.2) is 48.5 Å². The molecule has 90 valence electrons. The molecule has 0 amide bonds. The molecule has 3 heteroatoms. The van der Waals surface area contributed by atoms with E-state index in [1.165, 1.54) is 0 Å². The Morgan fingerprint density at radius 1 is 1.00 bits per heavy atom. The largest absolute Gasteiger partial charge is 0.336 e. The molecule has 0 aliphatic rings. The highest BCUT2D eigenvalue weighted by atomic mass is 16.7. The van der Waals surface area contributed by atoms with Gasteiger partial charge in [0.05, 0.1) is 11.0 Å². The van der Waals surface area contributed by atoms with E-state index in [4.69, 9.17) is 4.84 Å². The van der Waals surface area contributed by atoms with Crippen molar-refractivity contribution in [1.29, 1.82) is 0 Å². The summed E-state index contributed by atoms with van der Waals surface area (Å²) in [6, 6.07) is 15.8. The maximum Gasteiger partial charge on any atom is 0.332 e. The summed E-state index contributed by atoms with van der Waals surface area (Å²) in [6.07, 6.45) is 0.362. The molecule has 3 nitrogen and oxygen atoms in total. The molecule has 3 aromatic rings. The standard InChI is InChI=1S/C15H13NO2/c1-2-15(17)18-16-13-9-5-3-7-11(13)12-8-4-6-10-14(12)16/h3-10H,2H2,1H3. The Bertz CT molecular complexity index is 674. The first kappa shape index (κ1) is 10.8. The van der Waals surface area contributed by atoms with Crippen LogP contribution >= 0.6 is 0 Å². The number of para-hydroxylation sites is 2. The Kier molecular flexibility index (Phi) is 2.52. The molecule has 1 aromatic heterocycles. The molecular weight excluding hydrogens is 226 g/mol. The van der Waals surface area contributed by atoms with Gasteiger partial charge >= 0.3 is 5.97 Å². The van der Waals surface area contributed by atoms with Crippen LogP contribution in [0.2, 0.25) is 0 Å². The van der Waals surface area contributed by atoms with Gasteiger partial charge in [0.1, 0.15) is 0 Å². The Hall–Kier alpha value is -2.29. The third kappa shape index (κ3) is 1.56. The van der Waals surface area contributed by atoms with E-state index in [9.17, 15) is 4.79 Å². The van der Waals surface area contributed by atoms with Crippen LogP contribution in [0.25, 0.3) is 21.8 Å². The van der Waals surface area contributed by atoms with Gasteiger partial charge in [-0.1, -0.05) is 43.3 Å². The molecule has 0 fully saturated rings. The van der Waals surface area contributed by atoms with Crippen LogP contribution < -0.4 is 4.84 Å². The number of benzene rings is 2. The number of nitrogens with zero attached hydrogens (tertiary/aromatic N) is 1. The lowest BCUT2D eigenvalue weighted by Gasteiger charge is -2.06. The summed E-state index contributed by atoms with van der Waals surface area (Å²) in [7, 11) is 0. The maximum absolute atomic E-state index is 11.5.